The second kappa shape index (κ2) is 5.71. The monoisotopic (exact) mass is 278 g/mol. The van der Waals surface area contributed by atoms with Gasteiger partial charge in [0.25, 0.3) is 5.91 Å². The Bertz CT molecular complexity index is 616. The van der Waals surface area contributed by atoms with Crippen molar-refractivity contribution in [3.8, 4) is 0 Å². The smallest absolute Gasteiger partial charge is 0.251 e. The Morgan fingerprint density at radius 2 is 2.05 bits per heavy atom. The first-order chi connectivity index (χ1) is 9.06. The molecule has 98 valence electrons. The van der Waals surface area contributed by atoms with Gasteiger partial charge in [-0.3, -0.25) is 4.79 Å². The fraction of sp³-hybridized carbons (Fsp3) is 0.0714. The number of nitrogens with one attached hydrogen (secondary N) is 1. The molecule has 1 amide bonds. The molecular weight excluding hydrogens is 267 g/mol. The van der Waals surface area contributed by atoms with E-state index >= 15 is 0 Å². The molecule has 0 aromatic heterocycles. The van der Waals surface area contributed by atoms with Gasteiger partial charge in [-0.15, -0.1) is 0 Å². The van der Waals surface area contributed by atoms with Gasteiger partial charge in [0, 0.05) is 17.8 Å². The number of rotatable bonds is 3. The Morgan fingerprint density at radius 1 is 1.26 bits per heavy atom. The van der Waals surface area contributed by atoms with Crippen LogP contribution in [0.3, 0.4) is 0 Å². The Kier molecular flexibility index (Phi) is 4.02. The molecule has 0 saturated heterocycles. The summed E-state index contributed by atoms with van der Waals surface area (Å²) in [4.78, 5) is 11.8. The minimum atomic E-state index is -0.613. The molecule has 0 atom stereocenters. The van der Waals surface area contributed by atoms with Crippen molar-refractivity contribution in [3.63, 3.8) is 0 Å². The standard InChI is InChI=1S/C14H12ClFN2O/c15-12-5-4-10(7-13(12)16)14(19)18-8-9-2-1-3-11(17)6-9/h1-7H,8,17H2,(H,18,19). The fourth-order valence-electron chi connectivity index (χ4n) is 1.62. The first-order valence-electron chi connectivity index (χ1n) is 5.64. The minimum Gasteiger partial charge on any atom is -0.399 e. The topological polar surface area (TPSA) is 55.1 Å². The molecule has 5 heteroatoms. The van der Waals surface area contributed by atoms with E-state index in [4.69, 9.17) is 17.3 Å². The van der Waals surface area contributed by atoms with E-state index in [1.54, 1.807) is 18.2 Å². The maximum Gasteiger partial charge on any atom is 0.251 e. The third kappa shape index (κ3) is 3.45. The molecule has 0 heterocycles. The highest BCUT2D eigenvalue weighted by Gasteiger charge is 2.08. The molecule has 0 aliphatic heterocycles. The Hall–Kier alpha value is -2.07. The Balaban J connectivity index is 2.03. The molecule has 3 nitrogen and oxygen atoms in total. The van der Waals surface area contributed by atoms with Crippen molar-refractivity contribution in [2.24, 2.45) is 0 Å². The second-order valence-corrected chi connectivity index (χ2v) is 4.46. The van der Waals surface area contributed by atoms with Crippen LogP contribution in [0, 0.1) is 5.82 Å². The number of nitrogen functional groups attached to an aromatic ring is 1. The number of carbonyl (C=O) groups excluding carboxylic acids is 1. The maximum atomic E-state index is 13.2. The molecular formula is C14H12ClFN2O. The SMILES string of the molecule is Nc1cccc(CNC(=O)c2ccc(Cl)c(F)c2)c1. The number of nitrogens with two attached hydrogens (primary N) is 1. The van der Waals surface area contributed by atoms with Crippen molar-refractivity contribution >= 4 is 23.2 Å². The quantitative estimate of drug-likeness (QED) is 0.848. The van der Waals surface area contributed by atoms with Crippen molar-refractivity contribution in [2.45, 2.75) is 6.54 Å². The average Bonchev–Trinajstić information content (AvgIpc) is 2.39. The van der Waals surface area contributed by atoms with Crippen molar-refractivity contribution in [2.75, 3.05) is 5.73 Å². The van der Waals surface area contributed by atoms with Crippen molar-refractivity contribution < 1.29 is 9.18 Å². The number of anilines is 1. The first-order valence-corrected chi connectivity index (χ1v) is 6.02. The van der Waals surface area contributed by atoms with Gasteiger partial charge in [0.05, 0.1) is 5.02 Å². The molecule has 0 spiro atoms. The second-order valence-electron chi connectivity index (χ2n) is 4.06. The lowest BCUT2D eigenvalue weighted by atomic mass is 10.1. The predicted molar refractivity (Wildman–Crippen MR) is 73.4 cm³/mol. The summed E-state index contributed by atoms with van der Waals surface area (Å²) in [7, 11) is 0. The summed E-state index contributed by atoms with van der Waals surface area (Å²) < 4.78 is 13.2. The van der Waals surface area contributed by atoms with Gasteiger partial charge < -0.3 is 11.1 Å². The molecule has 19 heavy (non-hydrogen) atoms. The van der Waals surface area contributed by atoms with E-state index in [1.807, 2.05) is 6.07 Å². The van der Waals surface area contributed by atoms with Gasteiger partial charge in [-0.05, 0) is 35.9 Å². The summed E-state index contributed by atoms with van der Waals surface area (Å²) in [6.07, 6.45) is 0. The maximum absolute atomic E-state index is 13.2. The number of hydrogen-bond donors (Lipinski definition) is 2. The molecule has 0 aliphatic rings. The van der Waals surface area contributed by atoms with Crippen LogP contribution in [0.1, 0.15) is 15.9 Å². The van der Waals surface area contributed by atoms with Crippen LogP contribution in [0.25, 0.3) is 0 Å². The predicted octanol–water partition coefficient (Wildman–Crippen LogP) is 2.99. The van der Waals surface area contributed by atoms with Gasteiger partial charge in [0.15, 0.2) is 0 Å². The summed E-state index contributed by atoms with van der Waals surface area (Å²) in [5, 5.41) is 2.68. The summed E-state index contributed by atoms with van der Waals surface area (Å²) in [6, 6.07) is 11.1. The van der Waals surface area contributed by atoms with Crippen molar-refractivity contribution in [1.82, 2.24) is 5.32 Å². The fourth-order valence-corrected chi connectivity index (χ4v) is 1.74. The summed E-state index contributed by atoms with van der Waals surface area (Å²) >= 11 is 5.56. The highest BCUT2D eigenvalue weighted by atomic mass is 35.5. The lowest BCUT2D eigenvalue weighted by Gasteiger charge is -2.06. The van der Waals surface area contributed by atoms with Crippen LogP contribution in [-0.2, 0) is 6.54 Å². The molecule has 0 radical (unpaired) electrons. The molecule has 0 saturated carbocycles. The third-order valence-corrected chi connectivity index (χ3v) is 2.89. The molecule has 2 rings (SSSR count). The number of amides is 1. The molecule has 0 unspecified atom stereocenters. The Labute approximate surface area is 115 Å². The normalized spacial score (nSPS) is 10.2. The molecule has 0 fully saturated rings. The van der Waals surface area contributed by atoms with Crippen LogP contribution < -0.4 is 11.1 Å². The van der Waals surface area contributed by atoms with E-state index in [0.717, 1.165) is 11.6 Å². The molecule has 0 aliphatic carbocycles. The van der Waals surface area contributed by atoms with Crippen LogP contribution in [0.5, 0.6) is 0 Å². The molecule has 2 aromatic carbocycles. The van der Waals surface area contributed by atoms with E-state index in [1.165, 1.54) is 12.1 Å². The van der Waals surface area contributed by atoms with Gasteiger partial charge in [-0.25, -0.2) is 4.39 Å². The van der Waals surface area contributed by atoms with E-state index in [0.29, 0.717) is 12.2 Å². The van der Waals surface area contributed by atoms with Crippen LogP contribution in [0.2, 0.25) is 5.02 Å². The van der Waals surface area contributed by atoms with Crippen LogP contribution in [-0.4, -0.2) is 5.91 Å². The van der Waals surface area contributed by atoms with E-state index < -0.39 is 5.82 Å². The highest BCUT2D eigenvalue weighted by Crippen LogP contribution is 2.15. The summed E-state index contributed by atoms with van der Waals surface area (Å²) in [6.45, 7) is 0.327. The zero-order valence-electron chi connectivity index (χ0n) is 9.99. The van der Waals surface area contributed by atoms with Crippen LogP contribution in [0.15, 0.2) is 42.5 Å². The summed E-state index contributed by atoms with van der Waals surface area (Å²) in [5.74, 6) is -0.976. The third-order valence-electron chi connectivity index (χ3n) is 2.59. The van der Waals surface area contributed by atoms with E-state index in [2.05, 4.69) is 5.32 Å². The minimum absolute atomic E-state index is 0.00705. The first kappa shape index (κ1) is 13.4. The van der Waals surface area contributed by atoms with Crippen LogP contribution in [0.4, 0.5) is 10.1 Å². The summed E-state index contributed by atoms with van der Waals surface area (Å²) in [5.41, 5.74) is 7.37. The zero-order chi connectivity index (χ0) is 13.8. The molecule has 3 N–H and O–H groups in total. The van der Waals surface area contributed by atoms with Gasteiger partial charge in [-0.1, -0.05) is 23.7 Å². The number of benzene rings is 2. The van der Waals surface area contributed by atoms with Gasteiger partial charge in [0.1, 0.15) is 5.82 Å². The van der Waals surface area contributed by atoms with Crippen molar-refractivity contribution in [3.05, 3.63) is 64.4 Å². The number of hydrogen-bond acceptors (Lipinski definition) is 2. The van der Waals surface area contributed by atoms with Crippen LogP contribution >= 0.6 is 11.6 Å². The Morgan fingerprint density at radius 3 is 2.74 bits per heavy atom. The van der Waals surface area contributed by atoms with E-state index in [-0.39, 0.29) is 16.5 Å². The lowest BCUT2D eigenvalue weighted by Crippen LogP contribution is -2.22. The average molecular weight is 279 g/mol. The van der Waals surface area contributed by atoms with Gasteiger partial charge >= 0.3 is 0 Å². The van der Waals surface area contributed by atoms with Crippen molar-refractivity contribution in [1.29, 1.82) is 0 Å². The van der Waals surface area contributed by atoms with E-state index in [9.17, 15) is 9.18 Å². The largest absolute Gasteiger partial charge is 0.399 e. The molecule has 2 aromatic rings. The zero-order valence-corrected chi connectivity index (χ0v) is 10.7. The van der Waals surface area contributed by atoms with Gasteiger partial charge in [-0.2, -0.15) is 0 Å². The van der Waals surface area contributed by atoms with Gasteiger partial charge in [0.2, 0.25) is 0 Å². The highest BCUT2D eigenvalue weighted by molar-refractivity contribution is 6.30. The molecule has 0 bridgehead atoms. The number of carbonyl (C=O) groups is 1. The number of halogens is 2. The lowest BCUT2D eigenvalue weighted by molar-refractivity contribution is 0.0950.